The van der Waals surface area contributed by atoms with Crippen LogP contribution in [-0.4, -0.2) is 85.0 Å². The van der Waals surface area contributed by atoms with Crippen LogP contribution in [0.3, 0.4) is 0 Å². The summed E-state index contributed by atoms with van der Waals surface area (Å²) < 4.78 is 5.64. The quantitative estimate of drug-likeness (QED) is 0.219. The molecule has 1 aromatic carbocycles. The van der Waals surface area contributed by atoms with Gasteiger partial charge in [-0.05, 0) is 47.7 Å². The number of hydrazone groups is 1. The van der Waals surface area contributed by atoms with Crippen molar-refractivity contribution in [3.63, 3.8) is 0 Å². The van der Waals surface area contributed by atoms with E-state index in [9.17, 15) is 24.0 Å². The molecule has 248 valence electrons. The maximum absolute atomic E-state index is 13.5. The number of carbonyl (C=O) groups is 5. The molecule has 5 heterocycles. The summed E-state index contributed by atoms with van der Waals surface area (Å²) in [6.45, 7) is 3.19. The molecule has 48 heavy (non-hydrogen) atoms. The minimum atomic E-state index is -0.677. The van der Waals surface area contributed by atoms with E-state index < -0.39 is 23.6 Å². The summed E-state index contributed by atoms with van der Waals surface area (Å²) in [5.74, 6) is -1.67. The number of aromatic nitrogens is 3. The fourth-order valence-electron chi connectivity index (χ4n) is 5.74. The number of unbranched alkanes of at least 4 members (excludes halogenated alkanes) is 3. The standard InChI is InChI=1S/C33H35N9O6/c1-21-37-38-31(48-21)26-16-27(22-6-8-25(9-7-22)36-33(47)40-18-23-12-14-34-17-24(23)19-40)39-42(32(26)46)15-5-3-2-4-13-35-28(43)20-41-29(44)10-11-30(41)45/h6-12,14,17,26H,2-5,13,15-16,18-20H2,1H3,(H,35,43)(H,36,47). The first kappa shape index (κ1) is 32.2. The average molecular weight is 654 g/mol. The van der Waals surface area contributed by atoms with E-state index in [1.54, 1.807) is 24.2 Å². The van der Waals surface area contributed by atoms with Crippen molar-refractivity contribution in [2.24, 2.45) is 5.10 Å². The van der Waals surface area contributed by atoms with Gasteiger partial charge in [0.25, 0.3) is 17.7 Å². The van der Waals surface area contributed by atoms with Gasteiger partial charge in [-0.25, -0.2) is 9.80 Å². The van der Waals surface area contributed by atoms with E-state index in [2.05, 4.69) is 25.8 Å². The summed E-state index contributed by atoms with van der Waals surface area (Å²) in [5.41, 5.74) is 4.25. The Morgan fingerprint density at radius 3 is 2.42 bits per heavy atom. The van der Waals surface area contributed by atoms with E-state index in [1.807, 2.05) is 30.3 Å². The second kappa shape index (κ2) is 14.4. The fourth-order valence-corrected chi connectivity index (χ4v) is 5.74. The van der Waals surface area contributed by atoms with Gasteiger partial charge in [-0.3, -0.25) is 29.1 Å². The SMILES string of the molecule is Cc1nnc(C2CC(c3ccc(NC(=O)N4Cc5ccncc5C4)cc3)=NN(CCCCCCNC(=O)CN3C(=O)C=CC3=O)C2=O)o1. The zero-order valence-electron chi connectivity index (χ0n) is 26.4. The van der Waals surface area contributed by atoms with Gasteiger partial charge < -0.3 is 20.0 Å². The molecule has 1 atom stereocenters. The number of anilines is 1. The van der Waals surface area contributed by atoms with Crippen LogP contribution in [-0.2, 0) is 32.3 Å². The highest BCUT2D eigenvalue weighted by molar-refractivity contribution is 6.14. The Labute approximate surface area is 276 Å². The number of aryl methyl sites for hydroxylation is 1. The highest BCUT2D eigenvalue weighted by Crippen LogP contribution is 2.29. The van der Waals surface area contributed by atoms with E-state index in [0.29, 0.717) is 56.3 Å². The summed E-state index contributed by atoms with van der Waals surface area (Å²) >= 11 is 0. The number of pyridine rings is 1. The van der Waals surface area contributed by atoms with Gasteiger partial charge in [-0.15, -0.1) is 10.2 Å². The number of carbonyl (C=O) groups excluding carboxylic acids is 5. The van der Waals surface area contributed by atoms with E-state index in [-0.39, 0.29) is 30.8 Å². The number of rotatable bonds is 12. The van der Waals surface area contributed by atoms with Crippen molar-refractivity contribution in [3.8, 4) is 0 Å². The van der Waals surface area contributed by atoms with Gasteiger partial charge in [0.15, 0.2) is 0 Å². The molecule has 0 saturated heterocycles. The van der Waals surface area contributed by atoms with Crippen LogP contribution in [0.2, 0.25) is 0 Å². The van der Waals surface area contributed by atoms with Gasteiger partial charge in [-0.1, -0.05) is 25.0 Å². The van der Waals surface area contributed by atoms with Crippen LogP contribution in [0.1, 0.15) is 66.5 Å². The van der Waals surface area contributed by atoms with Crippen molar-refractivity contribution in [1.82, 2.24) is 35.3 Å². The second-order valence-electron chi connectivity index (χ2n) is 11.8. The van der Waals surface area contributed by atoms with Gasteiger partial charge in [-0.2, -0.15) is 5.10 Å². The number of hydrogen-bond donors (Lipinski definition) is 2. The lowest BCUT2D eigenvalue weighted by atomic mass is 9.94. The van der Waals surface area contributed by atoms with Crippen molar-refractivity contribution in [2.45, 2.75) is 58.0 Å². The molecule has 6 amide bonds. The van der Waals surface area contributed by atoms with Crippen LogP contribution in [0.5, 0.6) is 0 Å². The average Bonchev–Trinajstić information content (AvgIpc) is 3.80. The van der Waals surface area contributed by atoms with E-state index >= 15 is 0 Å². The zero-order chi connectivity index (χ0) is 33.6. The predicted octanol–water partition coefficient (Wildman–Crippen LogP) is 2.64. The largest absolute Gasteiger partial charge is 0.425 e. The molecule has 0 saturated carbocycles. The van der Waals surface area contributed by atoms with Crippen molar-refractivity contribution in [1.29, 1.82) is 0 Å². The number of nitrogens with one attached hydrogen (secondary N) is 2. The molecule has 2 aromatic heterocycles. The maximum Gasteiger partial charge on any atom is 0.322 e. The minimum Gasteiger partial charge on any atom is -0.425 e. The predicted molar refractivity (Wildman–Crippen MR) is 171 cm³/mol. The number of urea groups is 1. The first-order valence-corrected chi connectivity index (χ1v) is 15.8. The number of nitrogens with zero attached hydrogens (tertiary/aromatic N) is 7. The van der Waals surface area contributed by atoms with Crippen molar-refractivity contribution in [2.75, 3.05) is 25.0 Å². The minimum absolute atomic E-state index is 0.201. The first-order chi connectivity index (χ1) is 23.2. The molecule has 3 aliphatic rings. The zero-order valence-corrected chi connectivity index (χ0v) is 26.4. The van der Waals surface area contributed by atoms with Crippen LogP contribution in [0.4, 0.5) is 10.5 Å². The molecule has 1 unspecified atom stereocenters. The van der Waals surface area contributed by atoms with E-state index in [0.717, 1.165) is 46.6 Å². The number of hydrogen-bond acceptors (Lipinski definition) is 10. The summed E-state index contributed by atoms with van der Waals surface area (Å²) in [7, 11) is 0. The number of imide groups is 1. The monoisotopic (exact) mass is 653 g/mol. The molecule has 6 rings (SSSR count). The molecule has 2 N–H and O–H groups in total. The van der Waals surface area contributed by atoms with Gasteiger partial charge in [0.1, 0.15) is 12.5 Å². The first-order valence-electron chi connectivity index (χ1n) is 15.8. The third-order valence-corrected chi connectivity index (χ3v) is 8.34. The smallest absolute Gasteiger partial charge is 0.322 e. The fraction of sp³-hybridized carbons (Fsp3) is 0.364. The molecule has 0 fully saturated rings. The Balaban J connectivity index is 1.02. The van der Waals surface area contributed by atoms with Gasteiger partial charge >= 0.3 is 6.03 Å². The van der Waals surface area contributed by atoms with Crippen LogP contribution < -0.4 is 10.6 Å². The van der Waals surface area contributed by atoms with E-state index in [4.69, 9.17) is 9.52 Å². The van der Waals surface area contributed by atoms with Crippen molar-refractivity contribution in [3.05, 3.63) is 83.3 Å². The molecule has 0 radical (unpaired) electrons. The third-order valence-electron chi connectivity index (χ3n) is 8.34. The van der Waals surface area contributed by atoms with E-state index in [1.165, 1.54) is 5.01 Å². The van der Waals surface area contributed by atoms with Crippen LogP contribution in [0, 0.1) is 6.92 Å². The molecule has 15 heteroatoms. The van der Waals surface area contributed by atoms with Crippen molar-refractivity contribution >= 4 is 41.1 Å². The van der Waals surface area contributed by atoms with Gasteiger partial charge in [0.05, 0.1) is 5.71 Å². The van der Waals surface area contributed by atoms with Crippen LogP contribution >= 0.6 is 0 Å². The molecule has 0 aliphatic carbocycles. The Bertz CT molecular complexity index is 1740. The molecule has 3 aromatic rings. The number of fused-ring (bicyclic) bond motifs is 1. The second-order valence-corrected chi connectivity index (χ2v) is 11.8. The normalized spacial score (nSPS) is 17.2. The molecule has 0 spiro atoms. The lowest BCUT2D eigenvalue weighted by Crippen LogP contribution is -2.40. The van der Waals surface area contributed by atoms with Gasteiger partial charge in [0, 0.05) is 69.8 Å². The third kappa shape index (κ3) is 7.45. The summed E-state index contributed by atoms with van der Waals surface area (Å²) in [6.07, 6.45) is 9.04. The molecule has 3 aliphatic heterocycles. The Morgan fingerprint density at radius 2 is 1.69 bits per heavy atom. The molecule has 15 nitrogen and oxygen atoms in total. The highest BCUT2D eigenvalue weighted by atomic mass is 16.4. The van der Waals surface area contributed by atoms with Crippen molar-refractivity contribution < 1.29 is 28.4 Å². The van der Waals surface area contributed by atoms with Gasteiger partial charge in [0.2, 0.25) is 17.7 Å². The Kier molecular flexibility index (Phi) is 9.64. The number of benzene rings is 1. The molecule has 0 bridgehead atoms. The topological polar surface area (TPSA) is 183 Å². The number of amides is 6. The Hall–Kier alpha value is -5.73. The molecular formula is C33H35N9O6. The summed E-state index contributed by atoms with van der Waals surface area (Å²) in [6, 6.07) is 9.07. The Morgan fingerprint density at radius 1 is 0.938 bits per heavy atom. The summed E-state index contributed by atoms with van der Waals surface area (Å²) in [4.78, 5) is 68.4. The van der Waals surface area contributed by atoms with Crippen LogP contribution in [0.15, 0.2) is 64.4 Å². The maximum atomic E-state index is 13.5. The lowest BCUT2D eigenvalue weighted by Gasteiger charge is -2.28. The van der Waals surface area contributed by atoms with Crippen LogP contribution in [0.25, 0.3) is 0 Å². The molecular weight excluding hydrogens is 618 g/mol. The summed E-state index contributed by atoms with van der Waals surface area (Å²) in [5, 5.41) is 19.9. The lowest BCUT2D eigenvalue weighted by molar-refractivity contribution is -0.141. The highest BCUT2D eigenvalue weighted by Gasteiger charge is 2.36.